The number of carbonyl (C=O) groups is 3. The Labute approximate surface area is 301 Å². The first kappa shape index (κ1) is 37.7. The normalized spacial score (nSPS) is 13.5. The molecule has 52 heavy (non-hydrogen) atoms. The maximum Gasteiger partial charge on any atom is 0.422 e. The first-order valence-electron chi connectivity index (χ1n) is 16.0. The molecule has 1 heterocycles. The van der Waals surface area contributed by atoms with Gasteiger partial charge in [0.1, 0.15) is 5.82 Å². The molecule has 1 fully saturated rings. The summed E-state index contributed by atoms with van der Waals surface area (Å²) in [6.07, 6.45) is -3.16. The van der Waals surface area contributed by atoms with E-state index in [2.05, 4.69) is 41.5 Å². The highest BCUT2D eigenvalue weighted by atomic mass is 35.5. The van der Waals surface area contributed by atoms with Gasteiger partial charge in [0.2, 0.25) is 11.9 Å². The lowest BCUT2D eigenvalue weighted by molar-refractivity contribution is -0.154. The van der Waals surface area contributed by atoms with E-state index in [0.29, 0.717) is 21.8 Å². The quantitative estimate of drug-likeness (QED) is 0.0787. The zero-order valence-corrected chi connectivity index (χ0v) is 29.0. The van der Waals surface area contributed by atoms with Crippen LogP contribution in [-0.4, -0.2) is 58.5 Å². The number of amides is 3. The summed E-state index contributed by atoms with van der Waals surface area (Å²) in [7, 11) is 0. The van der Waals surface area contributed by atoms with Crippen molar-refractivity contribution in [3.8, 4) is 6.01 Å². The van der Waals surface area contributed by atoms with Gasteiger partial charge < -0.3 is 31.3 Å². The molecular weight excluding hydrogens is 708 g/mol. The summed E-state index contributed by atoms with van der Waals surface area (Å²) in [6, 6.07) is 16.7. The van der Waals surface area contributed by atoms with Crippen molar-refractivity contribution in [1.82, 2.24) is 25.6 Å². The Bertz CT molecular complexity index is 1940. The van der Waals surface area contributed by atoms with Crippen molar-refractivity contribution < 1.29 is 36.7 Å². The van der Waals surface area contributed by atoms with Crippen molar-refractivity contribution in [2.45, 2.75) is 45.3 Å². The summed E-state index contributed by atoms with van der Waals surface area (Å²) >= 11 is 6.03. The number of anilines is 4. The molecule has 4 aromatic rings. The predicted octanol–water partition coefficient (Wildman–Crippen LogP) is 6.27. The Hall–Kier alpha value is -5.51. The fraction of sp³-hybridized carbons (Fsp3) is 0.314. The number of hydrogen-bond acceptors (Lipinski definition) is 9. The number of alkyl halides is 3. The number of carbonyl (C=O) groups excluding carboxylic acids is 3. The number of aromatic nitrogens is 3. The Balaban J connectivity index is 1.17. The van der Waals surface area contributed by atoms with Crippen LogP contribution in [0.2, 0.25) is 5.02 Å². The summed E-state index contributed by atoms with van der Waals surface area (Å²) in [4.78, 5) is 49.9. The molecule has 0 bridgehead atoms. The summed E-state index contributed by atoms with van der Waals surface area (Å²) in [5, 5.41) is 14.4. The smallest absolute Gasteiger partial charge is 0.422 e. The van der Waals surface area contributed by atoms with Crippen LogP contribution in [0.15, 0.2) is 66.7 Å². The highest BCUT2D eigenvalue weighted by Gasteiger charge is 2.45. The van der Waals surface area contributed by atoms with Crippen molar-refractivity contribution in [2.75, 3.05) is 35.6 Å². The highest BCUT2D eigenvalue weighted by molar-refractivity contribution is 6.39. The number of halogens is 5. The summed E-state index contributed by atoms with van der Waals surface area (Å²) in [6.45, 7) is 3.70. The second kappa shape index (κ2) is 15.4. The van der Waals surface area contributed by atoms with Gasteiger partial charge in [0.05, 0.1) is 5.54 Å². The van der Waals surface area contributed by atoms with Gasteiger partial charge in [-0.25, -0.2) is 4.39 Å². The Morgan fingerprint density at radius 1 is 0.846 bits per heavy atom. The fourth-order valence-electron chi connectivity index (χ4n) is 4.90. The van der Waals surface area contributed by atoms with E-state index >= 15 is 0 Å². The fourth-order valence-corrected chi connectivity index (χ4v) is 5.03. The summed E-state index contributed by atoms with van der Waals surface area (Å²) in [5.41, 5.74) is 1.04. The maximum absolute atomic E-state index is 13.5. The van der Waals surface area contributed by atoms with Gasteiger partial charge in [-0.05, 0) is 90.9 Å². The minimum Gasteiger partial charge on any atom is -0.454 e. The zero-order valence-electron chi connectivity index (χ0n) is 28.3. The topological polar surface area (TPSA) is 159 Å². The number of rotatable bonds is 13. The summed E-state index contributed by atoms with van der Waals surface area (Å²) in [5.74, 6) is -2.75. The SMILES string of the molecule is Cc1cc(NC(=O)C(=O)NCC(C)(C)CNC(=O)c2ccc(Nc3nc(NC4(c5ccc(Cl)cc5)CC4)nc(OCC(F)(F)F)n3)cc2)ccc1F. The van der Waals surface area contributed by atoms with Gasteiger partial charge in [0.25, 0.3) is 5.91 Å². The first-order chi connectivity index (χ1) is 24.5. The Kier molecular flexibility index (Phi) is 11.2. The van der Waals surface area contributed by atoms with Crippen LogP contribution in [0.1, 0.15) is 48.2 Å². The molecule has 1 saturated carbocycles. The molecule has 0 radical (unpaired) electrons. The van der Waals surface area contributed by atoms with Crippen LogP contribution in [0.4, 0.5) is 40.8 Å². The van der Waals surface area contributed by atoms with Crippen LogP contribution in [0.5, 0.6) is 6.01 Å². The van der Waals surface area contributed by atoms with Gasteiger partial charge in [0.15, 0.2) is 6.61 Å². The van der Waals surface area contributed by atoms with Crippen LogP contribution in [0.25, 0.3) is 0 Å². The highest BCUT2D eigenvalue weighted by Crippen LogP contribution is 2.48. The third kappa shape index (κ3) is 10.5. The molecule has 0 unspecified atom stereocenters. The molecule has 5 rings (SSSR count). The number of nitrogens with one attached hydrogen (secondary N) is 5. The maximum atomic E-state index is 13.5. The number of hydrogen-bond donors (Lipinski definition) is 5. The molecule has 12 nitrogen and oxygen atoms in total. The number of aryl methyl sites for hydroxylation is 1. The molecule has 3 aromatic carbocycles. The van der Waals surface area contributed by atoms with Gasteiger partial charge in [0, 0.05) is 35.1 Å². The van der Waals surface area contributed by atoms with Crippen molar-refractivity contribution in [1.29, 1.82) is 0 Å². The van der Waals surface area contributed by atoms with Crippen LogP contribution in [-0.2, 0) is 15.1 Å². The lowest BCUT2D eigenvalue weighted by Crippen LogP contribution is -2.44. The van der Waals surface area contributed by atoms with E-state index in [1.807, 2.05) is 12.1 Å². The number of nitrogens with zero attached hydrogens (tertiary/aromatic N) is 3. The van der Waals surface area contributed by atoms with Crippen molar-refractivity contribution in [2.24, 2.45) is 5.41 Å². The number of ether oxygens (including phenoxy) is 1. The van der Waals surface area contributed by atoms with Gasteiger partial charge in [-0.15, -0.1) is 0 Å². The molecular formula is C35H35ClF4N8O4. The third-order valence-corrected chi connectivity index (χ3v) is 8.21. The lowest BCUT2D eigenvalue weighted by atomic mass is 9.93. The average molecular weight is 743 g/mol. The lowest BCUT2D eigenvalue weighted by Gasteiger charge is -2.25. The molecule has 5 N–H and O–H groups in total. The molecule has 0 saturated heterocycles. The molecule has 0 atom stereocenters. The molecule has 17 heteroatoms. The van der Waals surface area contributed by atoms with Gasteiger partial charge in [-0.2, -0.15) is 28.1 Å². The third-order valence-electron chi connectivity index (χ3n) is 7.96. The molecule has 1 aromatic heterocycles. The van der Waals surface area contributed by atoms with E-state index in [4.69, 9.17) is 16.3 Å². The largest absolute Gasteiger partial charge is 0.454 e. The van der Waals surface area contributed by atoms with Crippen molar-refractivity contribution in [3.05, 3.63) is 94.3 Å². The summed E-state index contributed by atoms with van der Waals surface area (Å²) < 4.78 is 57.1. The molecule has 1 aliphatic rings. The van der Waals surface area contributed by atoms with Crippen molar-refractivity contribution in [3.63, 3.8) is 0 Å². The number of benzene rings is 3. The van der Waals surface area contributed by atoms with E-state index in [1.165, 1.54) is 37.3 Å². The second-order valence-electron chi connectivity index (χ2n) is 13.0. The Morgan fingerprint density at radius 3 is 2.12 bits per heavy atom. The molecule has 1 aliphatic carbocycles. The molecule has 274 valence electrons. The van der Waals surface area contributed by atoms with Gasteiger partial charge in [-0.3, -0.25) is 14.4 Å². The first-order valence-corrected chi connectivity index (χ1v) is 16.4. The van der Waals surface area contributed by atoms with Gasteiger partial charge >= 0.3 is 24.0 Å². The Morgan fingerprint density at radius 2 is 1.48 bits per heavy atom. The predicted molar refractivity (Wildman–Crippen MR) is 186 cm³/mol. The van der Waals surface area contributed by atoms with E-state index in [-0.39, 0.29) is 30.7 Å². The van der Waals surface area contributed by atoms with Crippen LogP contribution < -0.4 is 31.3 Å². The van der Waals surface area contributed by atoms with Crippen molar-refractivity contribution >= 4 is 52.6 Å². The minimum absolute atomic E-state index is 0.000480. The molecule has 3 amide bonds. The van der Waals surface area contributed by atoms with Crippen LogP contribution in [0, 0.1) is 18.2 Å². The van der Waals surface area contributed by atoms with E-state index in [1.54, 1.807) is 38.1 Å². The van der Waals surface area contributed by atoms with E-state index in [0.717, 1.165) is 18.4 Å². The second-order valence-corrected chi connectivity index (χ2v) is 13.5. The minimum atomic E-state index is -4.61. The standard InChI is InChI=1S/C35H35ClF4N8O4/c1-20-16-25(12-13-26(20)37)43-29(51)28(50)42-18-33(2,3)17-41-27(49)21-4-10-24(11-5-21)44-30-45-31(47-32(46-30)52-19-35(38,39)40)48-34(14-15-34)22-6-8-23(36)9-7-22/h4-13,16H,14-15,17-19H2,1-3H3,(H,41,49)(H,42,50)(H,43,51)(H2,44,45,46,47,48). The van der Waals surface area contributed by atoms with Crippen LogP contribution in [0.3, 0.4) is 0 Å². The zero-order chi connectivity index (χ0) is 37.7. The molecule has 0 aliphatic heterocycles. The monoisotopic (exact) mass is 742 g/mol. The molecule has 0 spiro atoms. The average Bonchev–Trinajstić information content (AvgIpc) is 3.87. The van der Waals surface area contributed by atoms with Gasteiger partial charge in [-0.1, -0.05) is 37.6 Å². The van der Waals surface area contributed by atoms with E-state index in [9.17, 15) is 31.9 Å². The van der Waals surface area contributed by atoms with Crippen LogP contribution >= 0.6 is 11.6 Å². The van der Waals surface area contributed by atoms with E-state index < -0.39 is 53.3 Å².